The van der Waals surface area contributed by atoms with E-state index >= 15 is 0 Å². The smallest absolute Gasteiger partial charge is 0.208 e. The summed E-state index contributed by atoms with van der Waals surface area (Å²) < 4.78 is 5.32. The van der Waals surface area contributed by atoms with Crippen LogP contribution in [0, 0.1) is 0 Å². The highest BCUT2D eigenvalue weighted by Gasteiger charge is 2.24. The third-order valence-corrected chi connectivity index (χ3v) is 5.43. The van der Waals surface area contributed by atoms with Gasteiger partial charge < -0.3 is 14.5 Å². The van der Waals surface area contributed by atoms with Gasteiger partial charge >= 0.3 is 0 Å². The molecule has 1 aromatic carbocycles. The first kappa shape index (κ1) is 16.1. The lowest BCUT2D eigenvalue weighted by molar-refractivity contribution is 0.414. The molecule has 1 aliphatic heterocycles. The van der Waals surface area contributed by atoms with Crippen molar-refractivity contribution in [3.05, 3.63) is 29.3 Å². The fourth-order valence-electron chi connectivity index (χ4n) is 2.61. The maximum atomic E-state index is 5.32. The second kappa shape index (κ2) is 6.35. The number of piperazine rings is 1. The van der Waals surface area contributed by atoms with E-state index in [1.54, 1.807) is 18.4 Å². The minimum absolute atomic E-state index is 0.0678. The fraction of sp³-hybridized carbons (Fsp3) is 0.529. The Balaban J connectivity index is 1.65. The minimum atomic E-state index is 0.0678. The summed E-state index contributed by atoms with van der Waals surface area (Å²) in [5.74, 6) is 0.906. The molecule has 0 unspecified atom stereocenters. The first-order chi connectivity index (χ1) is 11.0. The molecule has 23 heavy (non-hydrogen) atoms. The van der Waals surface area contributed by atoms with E-state index in [-0.39, 0.29) is 5.41 Å². The van der Waals surface area contributed by atoms with Crippen molar-refractivity contribution in [3.8, 4) is 5.75 Å². The van der Waals surface area contributed by atoms with Crippen molar-refractivity contribution in [2.24, 2.45) is 0 Å². The van der Waals surface area contributed by atoms with Gasteiger partial charge in [0.15, 0.2) is 0 Å². The molecule has 3 rings (SSSR count). The molecule has 2 aromatic rings. The van der Waals surface area contributed by atoms with Crippen molar-refractivity contribution in [2.45, 2.75) is 26.2 Å². The average Bonchev–Trinajstić information content (AvgIpc) is 3.05. The third kappa shape index (κ3) is 3.58. The Morgan fingerprint density at radius 1 is 1.04 bits per heavy atom. The molecule has 1 aromatic heterocycles. The maximum absolute atomic E-state index is 5.32. The quantitative estimate of drug-likeness (QED) is 0.863. The van der Waals surface area contributed by atoms with E-state index in [0.717, 1.165) is 42.1 Å². The van der Waals surface area contributed by atoms with E-state index in [1.807, 2.05) is 12.1 Å². The van der Waals surface area contributed by atoms with Gasteiger partial charge in [-0.3, -0.25) is 0 Å². The second-order valence-corrected chi connectivity index (χ2v) is 7.77. The molecule has 0 aliphatic carbocycles. The van der Waals surface area contributed by atoms with Gasteiger partial charge in [-0.25, -0.2) is 0 Å². The zero-order chi connectivity index (χ0) is 16.4. The van der Waals surface area contributed by atoms with E-state index in [9.17, 15) is 0 Å². The van der Waals surface area contributed by atoms with Gasteiger partial charge in [-0.2, -0.15) is 0 Å². The molecular formula is C17H24N4OS. The van der Waals surface area contributed by atoms with Gasteiger partial charge in [0.1, 0.15) is 10.8 Å². The van der Waals surface area contributed by atoms with Gasteiger partial charge in [-0.05, 0) is 12.1 Å². The number of hydrogen-bond acceptors (Lipinski definition) is 6. The molecule has 0 bridgehead atoms. The number of ether oxygens (including phenoxy) is 1. The SMILES string of the molecule is COc1cccc(N2CCN(c3nnc(C(C)(C)C)s3)CC2)c1. The largest absolute Gasteiger partial charge is 0.497 e. The van der Waals surface area contributed by atoms with Crippen molar-refractivity contribution >= 4 is 22.2 Å². The Morgan fingerprint density at radius 2 is 1.74 bits per heavy atom. The molecule has 0 atom stereocenters. The molecule has 2 heterocycles. The number of benzene rings is 1. The molecule has 1 fully saturated rings. The second-order valence-electron chi connectivity index (χ2n) is 6.82. The lowest BCUT2D eigenvalue weighted by Gasteiger charge is -2.35. The zero-order valence-electron chi connectivity index (χ0n) is 14.2. The Hall–Kier alpha value is -1.82. The number of hydrogen-bond donors (Lipinski definition) is 0. The van der Waals surface area contributed by atoms with E-state index in [0.29, 0.717) is 0 Å². The first-order valence-electron chi connectivity index (χ1n) is 7.95. The molecule has 124 valence electrons. The van der Waals surface area contributed by atoms with Crippen LogP contribution in [-0.4, -0.2) is 43.5 Å². The summed E-state index contributed by atoms with van der Waals surface area (Å²) in [6.07, 6.45) is 0. The van der Waals surface area contributed by atoms with E-state index in [2.05, 4.69) is 52.9 Å². The molecule has 6 heteroatoms. The van der Waals surface area contributed by atoms with E-state index in [4.69, 9.17) is 4.74 Å². The van der Waals surface area contributed by atoms with Crippen LogP contribution >= 0.6 is 11.3 Å². The zero-order valence-corrected chi connectivity index (χ0v) is 15.1. The highest BCUT2D eigenvalue weighted by atomic mass is 32.1. The standard InChI is InChI=1S/C17H24N4OS/c1-17(2,3)15-18-19-16(23-15)21-10-8-20(9-11-21)13-6-5-7-14(12-13)22-4/h5-7,12H,8-11H2,1-4H3. The normalized spacial score (nSPS) is 15.8. The van der Waals surface area contributed by atoms with Crippen LogP contribution in [-0.2, 0) is 5.41 Å². The molecule has 1 aliphatic rings. The number of methoxy groups -OCH3 is 1. The number of aromatic nitrogens is 2. The number of anilines is 2. The Labute approximate surface area is 141 Å². The van der Waals surface area contributed by atoms with Gasteiger partial charge in [0.05, 0.1) is 7.11 Å². The topological polar surface area (TPSA) is 41.5 Å². The Bertz CT molecular complexity index is 657. The fourth-order valence-corrected chi connectivity index (χ4v) is 3.56. The molecular weight excluding hydrogens is 308 g/mol. The van der Waals surface area contributed by atoms with E-state index in [1.165, 1.54) is 5.69 Å². The monoisotopic (exact) mass is 332 g/mol. The van der Waals surface area contributed by atoms with Gasteiger partial charge in [0.25, 0.3) is 0 Å². The molecule has 0 N–H and O–H groups in total. The van der Waals surface area contributed by atoms with Crippen LogP contribution < -0.4 is 14.5 Å². The van der Waals surface area contributed by atoms with E-state index < -0.39 is 0 Å². The van der Waals surface area contributed by atoms with Gasteiger partial charge in [-0.15, -0.1) is 10.2 Å². The average molecular weight is 332 g/mol. The van der Waals surface area contributed by atoms with Crippen LogP contribution in [0.4, 0.5) is 10.8 Å². The number of nitrogens with zero attached hydrogens (tertiary/aromatic N) is 4. The Kier molecular flexibility index (Phi) is 4.43. The maximum Gasteiger partial charge on any atom is 0.208 e. The predicted molar refractivity (Wildman–Crippen MR) is 96.0 cm³/mol. The van der Waals surface area contributed by atoms with Crippen molar-refractivity contribution in [3.63, 3.8) is 0 Å². The molecule has 1 saturated heterocycles. The van der Waals surface area contributed by atoms with Gasteiger partial charge in [0, 0.05) is 43.3 Å². The minimum Gasteiger partial charge on any atom is -0.497 e. The summed E-state index contributed by atoms with van der Waals surface area (Å²) in [5.41, 5.74) is 1.29. The predicted octanol–water partition coefficient (Wildman–Crippen LogP) is 3.17. The summed E-state index contributed by atoms with van der Waals surface area (Å²) in [4.78, 5) is 4.73. The molecule has 0 radical (unpaired) electrons. The summed E-state index contributed by atoms with van der Waals surface area (Å²) in [6.45, 7) is 10.4. The lowest BCUT2D eigenvalue weighted by Crippen LogP contribution is -2.46. The van der Waals surface area contributed by atoms with Gasteiger partial charge in [-0.1, -0.05) is 38.2 Å². The Morgan fingerprint density at radius 3 is 2.35 bits per heavy atom. The summed E-state index contributed by atoms with van der Waals surface area (Å²) in [6, 6.07) is 8.26. The van der Waals surface area contributed by atoms with Crippen LogP contribution in [0.2, 0.25) is 0 Å². The molecule has 5 nitrogen and oxygen atoms in total. The third-order valence-electron chi connectivity index (χ3n) is 4.02. The van der Waals surface area contributed by atoms with Crippen LogP contribution in [0.3, 0.4) is 0 Å². The van der Waals surface area contributed by atoms with Crippen molar-refractivity contribution in [2.75, 3.05) is 43.1 Å². The highest BCUT2D eigenvalue weighted by Crippen LogP contribution is 2.30. The highest BCUT2D eigenvalue weighted by molar-refractivity contribution is 7.15. The van der Waals surface area contributed by atoms with Crippen LogP contribution in [0.1, 0.15) is 25.8 Å². The van der Waals surface area contributed by atoms with Crippen LogP contribution in [0.5, 0.6) is 5.75 Å². The summed E-state index contributed by atoms with van der Waals surface area (Å²) in [7, 11) is 1.71. The first-order valence-corrected chi connectivity index (χ1v) is 8.77. The lowest BCUT2D eigenvalue weighted by atomic mass is 9.98. The molecule has 0 spiro atoms. The van der Waals surface area contributed by atoms with Crippen LogP contribution in [0.25, 0.3) is 0 Å². The summed E-state index contributed by atoms with van der Waals surface area (Å²) >= 11 is 1.71. The van der Waals surface area contributed by atoms with Crippen molar-refractivity contribution in [1.29, 1.82) is 0 Å². The summed E-state index contributed by atoms with van der Waals surface area (Å²) in [5, 5.41) is 10.9. The van der Waals surface area contributed by atoms with Crippen molar-refractivity contribution < 1.29 is 4.74 Å². The number of rotatable bonds is 3. The van der Waals surface area contributed by atoms with Crippen LogP contribution in [0.15, 0.2) is 24.3 Å². The molecule has 0 saturated carbocycles. The van der Waals surface area contributed by atoms with Gasteiger partial charge in [0.2, 0.25) is 5.13 Å². The van der Waals surface area contributed by atoms with Crippen molar-refractivity contribution in [1.82, 2.24) is 10.2 Å². The molecule has 0 amide bonds.